The van der Waals surface area contributed by atoms with E-state index < -0.39 is 46.8 Å². The number of hydrazine groups is 1. The fourth-order valence-corrected chi connectivity index (χ4v) is 9.04. The molecule has 6 atom stereocenters. The SMILES string of the molecule is COc1cc(C=CC2C3=CCC4C(=O)N(c5ccccc5)C(=O)C4C3CC3C(=O)N(Nc4ccc(C)cc4)C(=O)C23c2ccccc2)cc(OC)c1O. The number of hydrogen-bond donors (Lipinski definition) is 2. The second kappa shape index (κ2) is 13.1. The molecule has 2 saturated heterocycles. The molecule has 2 aliphatic heterocycles. The van der Waals surface area contributed by atoms with Crippen molar-refractivity contribution in [1.29, 1.82) is 0 Å². The first kappa shape index (κ1) is 34.0. The van der Waals surface area contributed by atoms with Crippen LogP contribution in [0.25, 0.3) is 6.08 Å². The summed E-state index contributed by atoms with van der Waals surface area (Å²) in [6.07, 6.45) is 6.29. The zero-order valence-corrected chi connectivity index (χ0v) is 29.6. The number of hydrogen-bond acceptors (Lipinski definition) is 8. The molecule has 1 saturated carbocycles. The van der Waals surface area contributed by atoms with E-state index in [1.54, 1.807) is 36.4 Å². The molecule has 4 aliphatic rings. The lowest BCUT2D eigenvalue weighted by Crippen LogP contribution is -2.54. The average molecular weight is 710 g/mol. The van der Waals surface area contributed by atoms with Crippen molar-refractivity contribution < 1.29 is 33.8 Å². The number of imide groups is 2. The number of para-hydroxylation sites is 1. The van der Waals surface area contributed by atoms with E-state index in [9.17, 15) is 19.5 Å². The molecule has 10 nitrogen and oxygen atoms in total. The summed E-state index contributed by atoms with van der Waals surface area (Å²) in [5.41, 5.74) is 6.00. The average Bonchev–Trinajstić information content (AvgIpc) is 3.56. The van der Waals surface area contributed by atoms with Gasteiger partial charge in [0, 0.05) is 5.92 Å². The largest absolute Gasteiger partial charge is 0.502 e. The van der Waals surface area contributed by atoms with Crippen LogP contribution >= 0.6 is 0 Å². The predicted octanol–water partition coefficient (Wildman–Crippen LogP) is 6.45. The van der Waals surface area contributed by atoms with Crippen molar-refractivity contribution in [2.24, 2.45) is 29.6 Å². The van der Waals surface area contributed by atoms with E-state index in [1.165, 1.54) is 19.1 Å². The molecule has 6 unspecified atom stereocenters. The van der Waals surface area contributed by atoms with E-state index in [2.05, 4.69) is 5.43 Å². The fourth-order valence-electron chi connectivity index (χ4n) is 9.04. The number of allylic oxidation sites excluding steroid dienone is 3. The molecule has 2 aliphatic carbocycles. The number of carbonyl (C=O) groups is 4. The van der Waals surface area contributed by atoms with Crippen molar-refractivity contribution in [1.82, 2.24) is 5.01 Å². The third-order valence-electron chi connectivity index (χ3n) is 11.5. The van der Waals surface area contributed by atoms with Gasteiger partial charge in [-0.05, 0) is 73.2 Å². The minimum absolute atomic E-state index is 0.145. The Labute approximate surface area is 307 Å². The summed E-state index contributed by atoms with van der Waals surface area (Å²) >= 11 is 0. The number of aryl methyl sites for hydroxylation is 1. The van der Waals surface area contributed by atoms with Gasteiger partial charge in [-0.2, -0.15) is 5.01 Å². The van der Waals surface area contributed by atoms with E-state index >= 15 is 4.79 Å². The van der Waals surface area contributed by atoms with Crippen molar-refractivity contribution in [2.45, 2.75) is 25.2 Å². The summed E-state index contributed by atoms with van der Waals surface area (Å²) in [7, 11) is 2.89. The van der Waals surface area contributed by atoms with Gasteiger partial charge in [-0.1, -0.05) is 90.0 Å². The molecule has 4 amide bonds. The van der Waals surface area contributed by atoms with Gasteiger partial charge < -0.3 is 14.6 Å². The number of anilines is 2. The molecule has 4 aromatic rings. The highest BCUT2D eigenvalue weighted by Gasteiger charge is 2.69. The maximum absolute atomic E-state index is 15.2. The third kappa shape index (κ3) is 5.23. The summed E-state index contributed by atoms with van der Waals surface area (Å²) in [6.45, 7) is 1.96. The van der Waals surface area contributed by atoms with Crippen molar-refractivity contribution in [3.8, 4) is 17.2 Å². The van der Waals surface area contributed by atoms with Crippen LogP contribution in [0, 0.1) is 36.5 Å². The lowest BCUT2D eigenvalue weighted by atomic mass is 9.50. The maximum Gasteiger partial charge on any atom is 0.260 e. The van der Waals surface area contributed by atoms with Gasteiger partial charge >= 0.3 is 0 Å². The standard InChI is InChI=1S/C43H39N3O7/c1-25-14-17-28(18-15-25)44-46-40(49)34-24-32-30(19-20-31-37(32)41(50)45(39(31)48)29-12-8-5-9-13-29)33(43(34,42(46)51)27-10-6-4-7-11-27)21-16-26-22-35(52-2)38(47)36(23-26)53-3/h4-19,21-23,31-34,37,44,47H,20,24H2,1-3H3. The number of carbonyl (C=O) groups excluding carboxylic acids is 4. The number of aromatic hydroxyl groups is 1. The molecule has 8 rings (SSSR count). The minimum Gasteiger partial charge on any atom is -0.502 e. The van der Waals surface area contributed by atoms with Gasteiger partial charge in [-0.3, -0.25) is 29.5 Å². The van der Waals surface area contributed by atoms with Gasteiger partial charge in [0.05, 0.1) is 48.8 Å². The molecule has 53 heavy (non-hydrogen) atoms. The van der Waals surface area contributed by atoms with Crippen LogP contribution in [-0.4, -0.2) is 48.0 Å². The van der Waals surface area contributed by atoms with Gasteiger partial charge in [0.1, 0.15) is 0 Å². The molecule has 4 aromatic carbocycles. The van der Waals surface area contributed by atoms with Crippen LogP contribution in [0.15, 0.2) is 115 Å². The topological polar surface area (TPSA) is 125 Å². The summed E-state index contributed by atoms with van der Waals surface area (Å²) in [5, 5.41) is 11.8. The van der Waals surface area contributed by atoms with Crippen LogP contribution in [0.3, 0.4) is 0 Å². The number of rotatable bonds is 8. The van der Waals surface area contributed by atoms with Crippen LogP contribution in [0.2, 0.25) is 0 Å². The first-order chi connectivity index (χ1) is 25.7. The van der Waals surface area contributed by atoms with Gasteiger partial charge in [-0.25, -0.2) is 0 Å². The Morgan fingerprint density at radius 2 is 1.45 bits per heavy atom. The Bertz CT molecular complexity index is 2160. The number of phenolic OH excluding ortho intramolecular Hbond substituents is 1. The molecule has 10 heteroatoms. The Balaban J connectivity index is 1.30. The predicted molar refractivity (Wildman–Crippen MR) is 199 cm³/mol. The third-order valence-corrected chi connectivity index (χ3v) is 11.5. The lowest BCUT2D eigenvalue weighted by Gasteiger charge is -2.49. The highest BCUT2D eigenvalue weighted by molar-refractivity contribution is 6.22. The molecular weight excluding hydrogens is 670 g/mol. The first-order valence-corrected chi connectivity index (χ1v) is 17.7. The van der Waals surface area contributed by atoms with Crippen molar-refractivity contribution in [2.75, 3.05) is 24.5 Å². The summed E-state index contributed by atoms with van der Waals surface area (Å²) in [5.74, 6) is -4.45. The molecule has 0 spiro atoms. The van der Waals surface area contributed by atoms with E-state index in [1.807, 2.05) is 85.8 Å². The van der Waals surface area contributed by atoms with Crippen LogP contribution in [0.1, 0.15) is 29.5 Å². The summed E-state index contributed by atoms with van der Waals surface area (Å²) in [6, 6.07) is 29.1. The van der Waals surface area contributed by atoms with Gasteiger partial charge in [0.15, 0.2) is 11.5 Å². The quantitative estimate of drug-likeness (QED) is 0.158. The number of phenols is 1. The minimum atomic E-state index is -1.39. The molecule has 0 bridgehead atoms. The summed E-state index contributed by atoms with van der Waals surface area (Å²) < 4.78 is 10.9. The van der Waals surface area contributed by atoms with Crippen LogP contribution in [0.5, 0.6) is 17.2 Å². The number of ether oxygens (including phenoxy) is 2. The Morgan fingerprint density at radius 1 is 0.811 bits per heavy atom. The van der Waals surface area contributed by atoms with Crippen molar-refractivity contribution in [3.05, 3.63) is 131 Å². The van der Waals surface area contributed by atoms with Crippen LogP contribution in [0.4, 0.5) is 11.4 Å². The Hall–Kier alpha value is -6.16. The van der Waals surface area contributed by atoms with E-state index in [4.69, 9.17) is 9.47 Å². The van der Waals surface area contributed by atoms with Crippen LogP contribution in [-0.2, 0) is 24.6 Å². The Morgan fingerprint density at radius 3 is 2.09 bits per heavy atom. The monoisotopic (exact) mass is 709 g/mol. The number of benzene rings is 4. The van der Waals surface area contributed by atoms with E-state index in [0.717, 1.165) is 16.1 Å². The number of amides is 4. The molecule has 268 valence electrons. The molecule has 0 aromatic heterocycles. The van der Waals surface area contributed by atoms with Gasteiger partial charge in [0.2, 0.25) is 17.6 Å². The molecule has 2 heterocycles. The smallest absolute Gasteiger partial charge is 0.260 e. The number of methoxy groups -OCH3 is 2. The lowest BCUT2D eigenvalue weighted by molar-refractivity contribution is -0.139. The molecular formula is C43H39N3O7. The first-order valence-electron chi connectivity index (χ1n) is 17.7. The van der Waals surface area contributed by atoms with Crippen LogP contribution < -0.4 is 19.8 Å². The number of nitrogens with zero attached hydrogens (tertiary/aromatic N) is 2. The zero-order valence-electron chi connectivity index (χ0n) is 29.6. The van der Waals surface area contributed by atoms with Gasteiger partial charge in [0.25, 0.3) is 11.8 Å². The molecule has 2 N–H and O–H groups in total. The highest BCUT2D eigenvalue weighted by Crippen LogP contribution is 2.61. The van der Waals surface area contributed by atoms with Crippen molar-refractivity contribution in [3.63, 3.8) is 0 Å². The maximum atomic E-state index is 15.2. The number of nitrogens with one attached hydrogen (secondary N) is 1. The molecule has 0 radical (unpaired) electrons. The zero-order chi connectivity index (χ0) is 37.0. The summed E-state index contributed by atoms with van der Waals surface area (Å²) in [4.78, 5) is 59.7. The van der Waals surface area contributed by atoms with E-state index in [0.29, 0.717) is 28.9 Å². The van der Waals surface area contributed by atoms with Crippen molar-refractivity contribution >= 4 is 41.1 Å². The fraction of sp³-hybridized carbons (Fsp3) is 0.256. The Kier molecular flexibility index (Phi) is 8.40. The second-order valence-electron chi connectivity index (χ2n) is 14.1. The normalized spacial score (nSPS) is 26.3. The molecule has 3 fully saturated rings. The number of fused-ring (bicyclic) bond motifs is 4. The second-order valence-corrected chi connectivity index (χ2v) is 14.1. The highest BCUT2D eigenvalue weighted by atomic mass is 16.5. The van der Waals surface area contributed by atoms with E-state index in [-0.39, 0.29) is 35.5 Å². The van der Waals surface area contributed by atoms with Gasteiger partial charge in [-0.15, -0.1) is 0 Å².